The van der Waals surface area contributed by atoms with Gasteiger partial charge in [0.25, 0.3) is 0 Å². The molecule has 2 N–H and O–H groups in total. The molecule has 0 aliphatic carbocycles. The number of carboxylic acid groups (broad SMARTS) is 2. The van der Waals surface area contributed by atoms with Crippen molar-refractivity contribution >= 4 is 43.8 Å². The lowest BCUT2D eigenvalue weighted by molar-refractivity contribution is -0.345. The van der Waals surface area contributed by atoms with Crippen LogP contribution in [0.3, 0.4) is 0 Å². The molecule has 4 rings (SSSR count). The molecule has 174 valence electrons. The third kappa shape index (κ3) is 9.81. The fraction of sp³-hybridized carbons (Fsp3) is 0.417. The summed E-state index contributed by atoms with van der Waals surface area (Å²) in [5.41, 5.74) is 2.84. The van der Waals surface area contributed by atoms with Crippen LogP contribution in [0.25, 0.3) is 0 Å². The van der Waals surface area contributed by atoms with E-state index in [1.165, 1.54) is 62.7 Å². The number of piperidine rings is 2. The molecule has 2 unspecified atom stereocenters. The first-order valence-electron chi connectivity index (χ1n) is 10.8. The largest absolute Gasteiger partial charge is 0.543 e. The predicted octanol–water partition coefficient (Wildman–Crippen LogP) is 3.01. The second-order valence-electron chi connectivity index (χ2n) is 7.68. The molecule has 0 aromatic heterocycles. The summed E-state index contributed by atoms with van der Waals surface area (Å²) in [5, 5.41) is 24.9. The van der Waals surface area contributed by atoms with Gasteiger partial charge in [0.15, 0.2) is 0 Å². The van der Waals surface area contributed by atoms with E-state index in [0.717, 1.165) is 8.95 Å². The van der Waals surface area contributed by atoms with Crippen molar-refractivity contribution in [3.8, 4) is 0 Å². The standard InChI is InChI=1S/2C11H14BrN.C2H2O4/c2*12-10-6-4-9(5-7-10)11-3-1-2-8-13-11;3-1(4)2(5)6/h2*4-7,11,13H,1-3,8H2;(H,3,4)(H,5,6)/p-2. The number of benzene rings is 2. The van der Waals surface area contributed by atoms with E-state index >= 15 is 0 Å². The van der Waals surface area contributed by atoms with Gasteiger partial charge >= 0.3 is 0 Å². The zero-order valence-corrected chi connectivity index (χ0v) is 21.0. The van der Waals surface area contributed by atoms with Crippen molar-refractivity contribution in [2.45, 2.75) is 50.6 Å². The lowest BCUT2D eigenvalue weighted by Gasteiger charge is -2.23. The van der Waals surface area contributed by atoms with Gasteiger partial charge < -0.3 is 30.4 Å². The van der Waals surface area contributed by atoms with Gasteiger partial charge in [-0.05, 0) is 74.2 Å². The average molecular weight is 568 g/mol. The maximum Gasteiger partial charge on any atom is 0.0870 e. The van der Waals surface area contributed by atoms with Crippen LogP contribution in [0.2, 0.25) is 0 Å². The van der Waals surface area contributed by atoms with Crippen LogP contribution in [0.1, 0.15) is 61.7 Å². The number of hydrogen-bond donors (Lipinski definition) is 2. The van der Waals surface area contributed by atoms with Crippen molar-refractivity contribution in [3.63, 3.8) is 0 Å². The molecule has 6 nitrogen and oxygen atoms in total. The second-order valence-corrected chi connectivity index (χ2v) is 9.51. The Morgan fingerprint density at radius 2 is 1.00 bits per heavy atom. The normalized spacial score (nSPS) is 20.1. The number of carbonyl (C=O) groups is 2. The van der Waals surface area contributed by atoms with Crippen molar-refractivity contribution < 1.29 is 19.8 Å². The molecule has 2 heterocycles. The molecular formula is C24H28Br2N2O4-2. The summed E-state index contributed by atoms with van der Waals surface area (Å²) in [6.45, 7) is 2.33. The molecule has 0 saturated carbocycles. The summed E-state index contributed by atoms with van der Waals surface area (Å²) in [6, 6.07) is 18.4. The zero-order chi connectivity index (χ0) is 23.3. The van der Waals surface area contributed by atoms with Gasteiger partial charge in [0, 0.05) is 21.0 Å². The molecule has 0 spiro atoms. The Kier molecular flexibility index (Phi) is 11.9. The van der Waals surface area contributed by atoms with Crippen molar-refractivity contribution in [3.05, 3.63) is 68.6 Å². The van der Waals surface area contributed by atoms with Crippen molar-refractivity contribution in [1.82, 2.24) is 10.6 Å². The quantitative estimate of drug-likeness (QED) is 0.541. The number of nitrogens with one attached hydrogen (secondary N) is 2. The molecule has 0 radical (unpaired) electrons. The van der Waals surface area contributed by atoms with Crippen LogP contribution < -0.4 is 20.8 Å². The van der Waals surface area contributed by atoms with E-state index < -0.39 is 11.9 Å². The van der Waals surface area contributed by atoms with Gasteiger partial charge in [0.05, 0.1) is 11.9 Å². The minimum absolute atomic E-state index is 0.585. The average Bonchev–Trinajstić information content (AvgIpc) is 2.82. The molecule has 2 saturated heterocycles. The molecule has 2 atom stereocenters. The van der Waals surface area contributed by atoms with Gasteiger partial charge in [0.1, 0.15) is 0 Å². The maximum atomic E-state index is 8.93. The van der Waals surface area contributed by atoms with Crippen LogP contribution >= 0.6 is 31.9 Å². The van der Waals surface area contributed by atoms with E-state index in [9.17, 15) is 0 Å². The van der Waals surface area contributed by atoms with Crippen LogP contribution in [0.5, 0.6) is 0 Å². The molecule has 2 aliphatic rings. The van der Waals surface area contributed by atoms with Crippen molar-refractivity contribution in [2.24, 2.45) is 0 Å². The molecule has 0 bridgehead atoms. The molecule has 32 heavy (non-hydrogen) atoms. The monoisotopic (exact) mass is 566 g/mol. The highest BCUT2D eigenvalue weighted by atomic mass is 79.9. The third-order valence-electron chi connectivity index (χ3n) is 5.33. The van der Waals surface area contributed by atoms with Gasteiger partial charge in [-0.3, -0.25) is 0 Å². The fourth-order valence-corrected chi connectivity index (χ4v) is 4.19. The summed E-state index contributed by atoms with van der Waals surface area (Å²) in [7, 11) is 0. The van der Waals surface area contributed by atoms with E-state index in [4.69, 9.17) is 19.8 Å². The van der Waals surface area contributed by atoms with E-state index in [1.54, 1.807) is 0 Å². The summed E-state index contributed by atoms with van der Waals surface area (Å²) in [6.07, 6.45) is 7.92. The summed E-state index contributed by atoms with van der Waals surface area (Å²) in [5.74, 6) is -4.37. The number of carbonyl (C=O) groups excluding carboxylic acids is 2. The van der Waals surface area contributed by atoms with Gasteiger partial charge in [-0.1, -0.05) is 69.0 Å². The zero-order valence-electron chi connectivity index (χ0n) is 17.8. The smallest absolute Gasteiger partial charge is 0.0870 e. The van der Waals surface area contributed by atoms with Crippen molar-refractivity contribution in [1.29, 1.82) is 0 Å². The minimum atomic E-state index is -2.19. The second kappa shape index (κ2) is 14.4. The summed E-state index contributed by atoms with van der Waals surface area (Å²) in [4.78, 5) is 17.9. The van der Waals surface area contributed by atoms with Gasteiger partial charge in [-0.2, -0.15) is 0 Å². The topological polar surface area (TPSA) is 104 Å². The Bertz CT molecular complexity index is 761. The summed E-state index contributed by atoms with van der Waals surface area (Å²) < 4.78 is 2.32. The highest BCUT2D eigenvalue weighted by Gasteiger charge is 2.14. The van der Waals surface area contributed by atoms with Crippen LogP contribution in [0.15, 0.2) is 57.5 Å². The van der Waals surface area contributed by atoms with Gasteiger partial charge in [0.2, 0.25) is 0 Å². The highest BCUT2D eigenvalue weighted by molar-refractivity contribution is 9.10. The number of aliphatic carboxylic acids is 2. The first-order valence-corrected chi connectivity index (χ1v) is 12.4. The molecule has 2 aliphatic heterocycles. The number of carboxylic acids is 2. The number of hydrogen-bond acceptors (Lipinski definition) is 6. The van der Waals surface area contributed by atoms with E-state index in [2.05, 4.69) is 91.0 Å². The first-order chi connectivity index (χ1) is 15.4. The number of halogens is 2. The SMILES string of the molecule is Brc1ccc(C2CCCCN2)cc1.Brc1ccc(C2CCCCN2)cc1.O=C([O-])C(=O)[O-]. The molecule has 0 amide bonds. The Hall–Kier alpha value is -1.74. The molecular weight excluding hydrogens is 540 g/mol. The highest BCUT2D eigenvalue weighted by Crippen LogP contribution is 2.25. The minimum Gasteiger partial charge on any atom is -0.543 e. The van der Waals surface area contributed by atoms with E-state index in [-0.39, 0.29) is 0 Å². The van der Waals surface area contributed by atoms with Crippen LogP contribution in [-0.2, 0) is 9.59 Å². The van der Waals surface area contributed by atoms with Crippen LogP contribution in [0.4, 0.5) is 0 Å². The molecule has 2 aromatic rings. The van der Waals surface area contributed by atoms with E-state index in [0.29, 0.717) is 12.1 Å². The third-order valence-corrected chi connectivity index (χ3v) is 6.39. The summed E-state index contributed by atoms with van der Waals surface area (Å²) >= 11 is 6.90. The van der Waals surface area contributed by atoms with Crippen molar-refractivity contribution in [2.75, 3.05) is 13.1 Å². The van der Waals surface area contributed by atoms with E-state index in [1.807, 2.05) is 0 Å². The predicted molar refractivity (Wildman–Crippen MR) is 127 cm³/mol. The fourth-order valence-electron chi connectivity index (χ4n) is 3.66. The van der Waals surface area contributed by atoms with Gasteiger partial charge in [-0.15, -0.1) is 0 Å². The lowest BCUT2D eigenvalue weighted by atomic mass is 9.98. The Balaban J connectivity index is 0.000000183. The van der Waals surface area contributed by atoms with Crippen LogP contribution in [-0.4, -0.2) is 25.0 Å². The Morgan fingerprint density at radius 3 is 1.25 bits per heavy atom. The van der Waals surface area contributed by atoms with Gasteiger partial charge in [-0.25, -0.2) is 0 Å². The maximum absolute atomic E-state index is 8.93. The number of rotatable bonds is 2. The molecule has 2 aromatic carbocycles. The first kappa shape index (κ1) is 26.5. The molecule has 8 heteroatoms. The Morgan fingerprint density at radius 1 is 0.656 bits per heavy atom. The molecule has 2 fully saturated rings. The Labute approximate surface area is 206 Å². The van der Waals surface area contributed by atoms with Crippen LogP contribution in [0, 0.1) is 0 Å². The lowest BCUT2D eigenvalue weighted by Crippen LogP contribution is -2.42.